The van der Waals surface area contributed by atoms with Crippen LogP contribution in [0.4, 0.5) is 4.79 Å². The van der Waals surface area contributed by atoms with Gasteiger partial charge in [-0.1, -0.05) is 36.4 Å². The average Bonchev–Trinajstić information content (AvgIpc) is 2.61. The van der Waals surface area contributed by atoms with E-state index in [-0.39, 0.29) is 12.3 Å². The normalized spacial score (nSPS) is 21.2. The second-order valence-corrected chi connectivity index (χ2v) is 6.56. The van der Waals surface area contributed by atoms with Gasteiger partial charge in [0.05, 0.1) is 13.7 Å². The molecular weight excluding hydrogens is 322 g/mol. The highest BCUT2D eigenvalue weighted by Gasteiger charge is 2.46. The van der Waals surface area contributed by atoms with Crippen LogP contribution in [0, 0.1) is 0 Å². The summed E-state index contributed by atoms with van der Waals surface area (Å²) in [4.78, 5) is 25.5. The van der Waals surface area contributed by atoms with Crippen LogP contribution in [0.2, 0.25) is 0 Å². The molecule has 2 aromatic rings. The van der Waals surface area contributed by atoms with Crippen molar-refractivity contribution in [2.75, 3.05) is 13.7 Å². The summed E-state index contributed by atoms with van der Waals surface area (Å²) in [5, 5.41) is 12.7. The van der Waals surface area contributed by atoms with Crippen LogP contribution >= 0.6 is 0 Å². The molecule has 1 N–H and O–H groups in total. The molecule has 0 aliphatic carbocycles. The van der Waals surface area contributed by atoms with Crippen molar-refractivity contribution in [2.24, 2.45) is 0 Å². The molecule has 0 spiro atoms. The first-order valence-electron chi connectivity index (χ1n) is 8.06. The van der Waals surface area contributed by atoms with E-state index in [9.17, 15) is 14.7 Å². The van der Waals surface area contributed by atoms with Crippen molar-refractivity contribution >= 4 is 22.6 Å². The van der Waals surface area contributed by atoms with Crippen molar-refractivity contribution in [2.45, 2.75) is 31.8 Å². The SMILES string of the molecule is COC(=O)N1CC(=O)[C@H]([C@@H](O)c2ccc3ccccc3c2)OC1(C)C. The zero-order valence-electron chi connectivity index (χ0n) is 14.4. The van der Waals surface area contributed by atoms with Gasteiger partial charge < -0.3 is 14.6 Å². The lowest BCUT2D eigenvalue weighted by Gasteiger charge is -2.44. The van der Waals surface area contributed by atoms with Gasteiger partial charge in [0, 0.05) is 0 Å². The Balaban J connectivity index is 1.87. The Morgan fingerprint density at radius 3 is 2.64 bits per heavy atom. The summed E-state index contributed by atoms with van der Waals surface area (Å²) < 4.78 is 10.5. The van der Waals surface area contributed by atoms with Gasteiger partial charge in [0.2, 0.25) is 0 Å². The minimum absolute atomic E-state index is 0.172. The fraction of sp³-hybridized carbons (Fsp3) is 0.368. The van der Waals surface area contributed by atoms with E-state index in [2.05, 4.69) is 0 Å². The number of carbonyl (C=O) groups is 2. The maximum absolute atomic E-state index is 12.5. The number of hydrogen-bond acceptors (Lipinski definition) is 5. The molecule has 1 fully saturated rings. The van der Waals surface area contributed by atoms with Crippen molar-refractivity contribution in [3.05, 3.63) is 48.0 Å². The van der Waals surface area contributed by atoms with Crippen LogP contribution in [0.1, 0.15) is 25.5 Å². The molecule has 25 heavy (non-hydrogen) atoms. The first-order chi connectivity index (χ1) is 11.8. The third-order valence-corrected chi connectivity index (χ3v) is 4.49. The summed E-state index contributed by atoms with van der Waals surface area (Å²) in [6, 6.07) is 13.3. The number of Topliss-reactive ketones (excluding diaryl/α,β-unsaturated/α-hetero) is 1. The van der Waals surface area contributed by atoms with Crippen molar-refractivity contribution < 1.29 is 24.2 Å². The van der Waals surface area contributed by atoms with E-state index < -0.39 is 24.0 Å². The highest BCUT2D eigenvalue weighted by atomic mass is 16.6. The van der Waals surface area contributed by atoms with Gasteiger partial charge in [-0.2, -0.15) is 0 Å². The second-order valence-electron chi connectivity index (χ2n) is 6.56. The largest absolute Gasteiger partial charge is 0.453 e. The minimum atomic E-state index is -1.11. The number of nitrogens with zero attached hydrogens (tertiary/aromatic N) is 1. The van der Waals surface area contributed by atoms with Crippen molar-refractivity contribution in [1.29, 1.82) is 0 Å². The lowest BCUT2D eigenvalue weighted by atomic mass is 9.96. The first kappa shape index (κ1) is 17.4. The van der Waals surface area contributed by atoms with E-state index in [0.29, 0.717) is 5.56 Å². The Hall–Kier alpha value is -2.44. The van der Waals surface area contributed by atoms with E-state index in [0.717, 1.165) is 10.8 Å². The van der Waals surface area contributed by atoms with E-state index in [1.54, 1.807) is 19.9 Å². The number of fused-ring (bicyclic) bond motifs is 1. The highest BCUT2D eigenvalue weighted by molar-refractivity contribution is 5.90. The molecule has 1 heterocycles. The molecule has 1 aliphatic rings. The predicted molar refractivity (Wildman–Crippen MR) is 92.0 cm³/mol. The summed E-state index contributed by atoms with van der Waals surface area (Å²) in [6.07, 6.45) is -2.80. The topological polar surface area (TPSA) is 76.1 Å². The maximum atomic E-state index is 12.5. The molecule has 1 amide bonds. The summed E-state index contributed by atoms with van der Waals surface area (Å²) in [6.45, 7) is 3.15. The van der Waals surface area contributed by atoms with Crippen molar-refractivity contribution in [3.63, 3.8) is 0 Å². The van der Waals surface area contributed by atoms with Crippen LogP contribution in [0.15, 0.2) is 42.5 Å². The molecule has 6 nitrogen and oxygen atoms in total. The fourth-order valence-corrected chi connectivity index (χ4v) is 3.08. The Morgan fingerprint density at radius 1 is 1.28 bits per heavy atom. The molecule has 6 heteroatoms. The number of aliphatic hydroxyl groups excluding tert-OH is 1. The van der Waals surface area contributed by atoms with Gasteiger partial charge in [0.25, 0.3) is 0 Å². The summed E-state index contributed by atoms with van der Waals surface area (Å²) in [5.74, 6) is -0.370. The second kappa shape index (κ2) is 6.46. The molecule has 0 saturated carbocycles. The number of ketones is 1. The van der Waals surface area contributed by atoms with Gasteiger partial charge in [0.15, 0.2) is 11.9 Å². The molecular formula is C19H21NO5. The third kappa shape index (κ3) is 3.23. The third-order valence-electron chi connectivity index (χ3n) is 4.49. The van der Waals surface area contributed by atoms with Gasteiger partial charge in [0.1, 0.15) is 11.8 Å². The number of ether oxygens (including phenoxy) is 2. The van der Waals surface area contributed by atoms with E-state index in [1.165, 1.54) is 12.0 Å². The summed E-state index contributed by atoms with van der Waals surface area (Å²) >= 11 is 0. The van der Waals surface area contributed by atoms with E-state index in [1.807, 2.05) is 36.4 Å². The van der Waals surface area contributed by atoms with Crippen LogP contribution in [-0.2, 0) is 14.3 Å². The van der Waals surface area contributed by atoms with E-state index >= 15 is 0 Å². The first-order valence-corrected chi connectivity index (χ1v) is 8.06. The summed E-state index contributed by atoms with van der Waals surface area (Å²) in [5.41, 5.74) is -0.469. The van der Waals surface area contributed by atoms with Gasteiger partial charge in [-0.05, 0) is 36.2 Å². The zero-order chi connectivity index (χ0) is 18.2. The van der Waals surface area contributed by atoms with Gasteiger partial charge >= 0.3 is 6.09 Å². The zero-order valence-corrected chi connectivity index (χ0v) is 14.4. The molecule has 0 bridgehead atoms. The number of carbonyl (C=O) groups excluding carboxylic acids is 2. The number of rotatable bonds is 2. The van der Waals surface area contributed by atoms with E-state index in [4.69, 9.17) is 9.47 Å². The van der Waals surface area contributed by atoms with Crippen molar-refractivity contribution in [1.82, 2.24) is 4.90 Å². The van der Waals surface area contributed by atoms with Crippen LogP contribution in [0.25, 0.3) is 10.8 Å². The molecule has 1 aliphatic heterocycles. The molecule has 2 aromatic carbocycles. The Kier molecular flexibility index (Phi) is 4.49. The Morgan fingerprint density at radius 2 is 1.96 bits per heavy atom. The van der Waals surface area contributed by atoms with Crippen LogP contribution in [0.5, 0.6) is 0 Å². The number of hydrogen-bond donors (Lipinski definition) is 1. The van der Waals surface area contributed by atoms with Gasteiger partial charge in [-0.25, -0.2) is 4.79 Å². The molecule has 0 aromatic heterocycles. The fourth-order valence-electron chi connectivity index (χ4n) is 3.08. The van der Waals surface area contributed by atoms with Crippen LogP contribution in [0.3, 0.4) is 0 Å². The molecule has 2 atom stereocenters. The van der Waals surface area contributed by atoms with Crippen molar-refractivity contribution in [3.8, 4) is 0 Å². The predicted octanol–water partition coefficient (Wildman–Crippen LogP) is 2.65. The monoisotopic (exact) mass is 343 g/mol. The average molecular weight is 343 g/mol. The number of benzene rings is 2. The number of aliphatic hydroxyl groups is 1. The lowest BCUT2D eigenvalue weighted by molar-refractivity contribution is -0.208. The smallest absolute Gasteiger partial charge is 0.412 e. The van der Waals surface area contributed by atoms with Gasteiger partial charge in [-0.3, -0.25) is 9.69 Å². The number of methoxy groups -OCH3 is 1. The molecule has 1 saturated heterocycles. The molecule has 0 unspecified atom stereocenters. The standard InChI is InChI=1S/C19H21NO5/c1-19(2)20(18(23)24-3)11-15(21)17(25-19)16(22)14-9-8-12-6-4-5-7-13(12)10-14/h4-10,16-17,22H,11H2,1-3H3/t16-,17+/m0/s1. The molecule has 132 valence electrons. The summed E-state index contributed by atoms with van der Waals surface area (Å²) in [7, 11) is 1.25. The minimum Gasteiger partial charge on any atom is -0.453 e. The van der Waals surface area contributed by atoms with Gasteiger partial charge in [-0.15, -0.1) is 0 Å². The molecule has 3 rings (SSSR count). The molecule has 0 radical (unpaired) electrons. The Bertz CT molecular complexity index is 816. The lowest BCUT2D eigenvalue weighted by Crippen LogP contribution is -2.61. The highest BCUT2D eigenvalue weighted by Crippen LogP contribution is 2.32. The van der Waals surface area contributed by atoms with Crippen LogP contribution < -0.4 is 0 Å². The Labute approximate surface area is 145 Å². The number of amides is 1. The maximum Gasteiger partial charge on any atom is 0.412 e. The quantitative estimate of drug-likeness (QED) is 0.907. The van der Waals surface area contributed by atoms with Crippen LogP contribution in [-0.4, -0.2) is 47.4 Å².